The fourth-order valence-electron chi connectivity index (χ4n) is 2.30. The average Bonchev–Trinajstić information content (AvgIpc) is 3.15. The van der Waals surface area contributed by atoms with E-state index in [2.05, 4.69) is 27.5 Å². The fraction of sp³-hybridized carbons (Fsp3) is 0.692. The SMILES string of the molecule is CNc1cc(NC2CCOC2C)nc(C2CC2)n1. The Morgan fingerprint density at radius 1 is 1.22 bits per heavy atom. The topological polar surface area (TPSA) is 59.1 Å². The van der Waals surface area contributed by atoms with Crippen LogP contribution in [0.5, 0.6) is 0 Å². The summed E-state index contributed by atoms with van der Waals surface area (Å²) in [5.41, 5.74) is 0. The van der Waals surface area contributed by atoms with Crippen molar-refractivity contribution in [3.8, 4) is 0 Å². The highest BCUT2D eigenvalue weighted by Gasteiger charge is 2.28. The lowest BCUT2D eigenvalue weighted by atomic mass is 10.1. The lowest BCUT2D eigenvalue weighted by Gasteiger charge is -2.17. The quantitative estimate of drug-likeness (QED) is 0.853. The van der Waals surface area contributed by atoms with Gasteiger partial charge in [-0.15, -0.1) is 0 Å². The van der Waals surface area contributed by atoms with Crippen LogP contribution in [0.2, 0.25) is 0 Å². The number of aromatic nitrogens is 2. The standard InChI is InChI=1S/C13H20N4O/c1-8-10(5-6-18-8)15-12-7-11(14-2)16-13(17-12)9-3-4-9/h7-10H,3-6H2,1-2H3,(H2,14,15,16,17). The summed E-state index contributed by atoms with van der Waals surface area (Å²) < 4.78 is 5.56. The molecule has 1 aliphatic heterocycles. The summed E-state index contributed by atoms with van der Waals surface area (Å²) in [5, 5.41) is 6.58. The third kappa shape index (κ3) is 2.41. The average molecular weight is 248 g/mol. The van der Waals surface area contributed by atoms with Gasteiger partial charge in [-0.05, 0) is 26.2 Å². The lowest BCUT2D eigenvalue weighted by Crippen LogP contribution is -2.27. The number of hydrogen-bond donors (Lipinski definition) is 2. The van der Waals surface area contributed by atoms with Gasteiger partial charge in [0.25, 0.3) is 0 Å². The van der Waals surface area contributed by atoms with Crippen LogP contribution >= 0.6 is 0 Å². The van der Waals surface area contributed by atoms with Crippen LogP contribution < -0.4 is 10.6 Å². The van der Waals surface area contributed by atoms with Crippen molar-refractivity contribution in [3.63, 3.8) is 0 Å². The van der Waals surface area contributed by atoms with Gasteiger partial charge < -0.3 is 15.4 Å². The second-order valence-electron chi connectivity index (χ2n) is 5.14. The molecule has 2 N–H and O–H groups in total. The molecule has 0 bridgehead atoms. The van der Waals surface area contributed by atoms with Gasteiger partial charge in [-0.1, -0.05) is 0 Å². The first-order valence-corrected chi connectivity index (χ1v) is 6.71. The zero-order chi connectivity index (χ0) is 12.5. The Bertz CT molecular complexity index is 433. The minimum Gasteiger partial charge on any atom is -0.376 e. The van der Waals surface area contributed by atoms with Crippen molar-refractivity contribution in [1.82, 2.24) is 9.97 Å². The second kappa shape index (κ2) is 4.72. The molecule has 2 fully saturated rings. The Kier molecular flexibility index (Phi) is 3.07. The number of rotatable bonds is 4. The molecule has 1 aromatic heterocycles. The van der Waals surface area contributed by atoms with Crippen LogP contribution in [-0.4, -0.2) is 35.8 Å². The normalized spacial score (nSPS) is 27.2. The first-order chi connectivity index (χ1) is 8.76. The van der Waals surface area contributed by atoms with Gasteiger partial charge in [0, 0.05) is 25.6 Å². The molecule has 2 atom stereocenters. The van der Waals surface area contributed by atoms with E-state index in [0.29, 0.717) is 12.0 Å². The van der Waals surface area contributed by atoms with Gasteiger partial charge >= 0.3 is 0 Å². The molecule has 2 aliphatic rings. The van der Waals surface area contributed by atoms with Gasteiger partial charge in [0.15, 0.2) is 0 Å². The fourth-order valence-corrected chi connectivity index (χ4v) is 2.30. The maximum atomic E-state index is 5.56. The summed E-state index contributed by atoms with van der Waals surface area (Å²) in [7, 11) is 1.89. The summed E-state index contributed by atoms with van der Waals surface area (Å²) in [6.45, 7) is 2.94. The highest BCUT2D eigenvalue weighted by atomic mass is 16.5. The number of anilines is 2. The summed E-state index contributed by atoms with van der Waals surface area (Å²) in [4.78, 5) is 9.14. The molecule has 0 spiro atoms. The Morgan fingerprint density at radius 3 is 2.61 bits per heavy atom. The van der Waals surface area contributed by atoms with E-state index in [0.717, 1.165) is 30.5 Å². The van der Waals surface area contributed by atoms with E-state index in [1.165, 1.54) is 12.8 Å². The molecule has 1 aromatic rings. The molecule has 2 heterocycles. The molecule has 0 aromatic carbocycles. The smallest absolute Gasteiger partial charge is 0.136 e. The molecule has 0 amide bonds. The summed E-state index contributed by atoms with van der Waals surface area (Å²) in [6, 6.07) is 2.33. The summed E-state index contributed by atoms with van der Waals surface area (Å²) in [5.74, 6) is 3.34. The van der Waals surface area contributed by atoms with Crippen molar-refractivity contribution in [1.29, 1.82) is 0 Å². The second-order valence-corrected chi connectivity index (χ2v) is 5.14. The van der Waals surface area contributed by atoms with Crippen LogP contribution in [0.3, 0.4) is 0 Å². The van der Waals surface area contributed by atoms with Crippen molar-refractivity contribution < 1.29 is 4.74 Å². The molecule has 2 unspecified atom stereocenters. The van der Waals surface area contributed by atoms with E-state index in [1.807, 2.05) is 13.1 Å². The van der Waals surface area contributed by atoms with Gasteiger partial charge in [-0.3, -0.25) is 0 Å². The Morgan fingerprint density at radius 2 is 2.00 bits per heavy atom. The Hall–Kier alpha value is -1.36. The molecule has 98 valence electrons. The highest BCUT2D eigenvalue weighted by molar-refractivity contribution is 5.48. The number of nitrogens with one attached hydrogen (secondary N) is 2. The van der Waals surface area contributed by atoms with E-state index < -0.39 is 0 Å². The van der Waals surface area contributed by atoms with Gasteiger partial charge in [-0.25, -0.2) is 9.97 Å². The predicted octanol–water partition coefficient (Wildman–Crippen LogP) is 1.98. The van der Waals surface area contributed by atoms with Gasteiger partial charge in [-0.2, -0.15) is 0 Å². The summed E-state index contributed by atoms with van der Waals surface area (Å²) in [6.07, 6.45) is 3.73. The lowest BCUT2D eigenvalue weighted by molar-refractivity contribution is 0.121. The number of nitrogens with zero attached hydrogens (tertiary/aromatic N) is 2. The van der Waals surface area contributed by atoms with E-state index in [4.69, 9.17) is 4.74 Å². The first kappa shape index (κ1) is 11.7. The van der Waals surface area contributed by atoms with Crippen molar-refractivity contribution in [2.75, 3.05) is 24.3 Å². The zero-order valence-corrected chi connectivity index (χ0v) is 10.9. The minimum atomic E-state index is 0.252. The van der Waals surface area contributed by atoms with Crippen LogP contribution in [0.15, 0.2) is 6.07 Å². The van der Waals surface area contributed by atoms with Crippen molar-refractivity contribution in [3.05, 3.63) is 11.9 Å². The van der Waals surface area contributed by atoms with Crippen LogP contribution in [0.25, 0.3) is 0 Å². The van der Waals surface area contributed by atoms with Gasteiger partial charge in [0.05, 0.1) is 12.1 Å². The van der Waals surface area contributed by atoms with Crippen molar-refractivity contribution >= 4 is 11.6 Å². The minimum absolute atomic E-state index is 0.252. The number of hydrogen-bond acceptors (Lipinski definition) is 5. The van der Waals surface area contributed by atoms with Gasteiger partial charge in [0.2, 0.25) is 0 Å². The molecule has 1 saturated heterocycles. The van der Waals surface area contributed by atoms with E-state index in [-0.39, 0.29) is 6.10 Å². The van der Waals surface area contributed by atoms with E-state index in [1.54, 1.807) is 0 Å². The van der Waals surface area contributed by atoms with Crippen LogP contribution in [0.4, 0.5) is 11.6 Å². The third-order valence-corrected chi connectivity index (χ3v) is 3.65. The van der Waals surface area contributed by atoms with Crippen molar-refractivity contribution in [2.45, 2.75) is 44.2 Å². The Labute approximate surface area is 107 Å². The molecule has 3 rings (SSSR count). The van der Waals surface area contributed by atoms with Crippen molar-refractivity contribution in [2.24, 2.45) is 0 Å². The van der Waals surface area contributed by atoms with Gasteiger partial charge in [0.1, 0.15) is 17.5 Å². The third-order valence-electron chi connectivity index (χ3n) is 3.65. The molecule has 1 aliphatic carbocycles. The Balaban J connectivity index is 1.79. The van der Waals surface area contributed by atoms with Crippen LogP contribution in [0.1, 0.15) is 37.9 Å². The van der Waals surface area contributed by atoms with E-state index >= 15 is 0 Å². The van der Waals surface area contributed by atoms with Crippen LogP contribution in [-0.2, 0) is 4.74 Å². The molecule has 5 nitrogen and oxygen atoms in total. The van der Waals surface area contributed by atoms with E-state index in [9.17, 15) is 0 Å². The monoisotopic (exact) mass is 248 g/mol. The zero-order valence-electron chi connectivity index (χ0n) is 10.9. The maximum Gasteiger partial charge on any atom is 0.136 e. The largest absolute Gasteiger partial charge is 0.376 e. The number of ether oxygens (including phenoxy) is 1. The molecule has 5 heteroatoms. The highest BCUT2D eigenvalue weighted by Crippen LogP contribution is 2.38. The molecule has 18 heavy (non-hydrogen) atoms. The molecule has 0 radical (unpaired) electrons. The molecule has 1 saturated carbocycles. The first-order valence-electron chi connectivity index (χ1n) is 6.71. The van der Waals surface area contributed by atoms with Crippen LogP contribution in [0, 0.1) is 0 Å². The molecular weight excluding hydrogens is 228 g/mol. The molecular formula is C13H20N4O. The summed E-state index contributed by atoms with van der Waals surface area (Å²) >= 11 is 0. The predicted molar refractivity (Wildman–Crippen MR) is 71.0 cm³/mol. The maximum absolute atomic E-state index is 5.56.